The van der Waals surface area contributed by atoms with E-state index in [1.54, 1.807) is 0 Å². The van der Waals surface area contributed by atoms with Crippen LogP contribution < -0.4 is 0 Å². The fraction of sp³-hybridized carbons (Fsp3) is 0. The van der Waals surface area contributed by atoms with Gasteiger partial charge in [0, 0.05) is 130 Å². The maximum atomic E-state index is 6.61. The van der Waals surface area contributed by atoms with Crippen LogP contribution >= 0.6 is 0 Å². The second kappa shape index (κ2) is 31.2. The quantitative estimate of drug-likeness (QED) is 0.143. The Bertz CT molecular complexity index is 10800. The minimum Gasteiger partial charge on any atom is -0.456 e. The van der Waals surface area contributed by atoms with Crippen molar-refractivity contribution in [2.75, 3.05) is 0 Å². The molecule has 142 heavy (non-hydrogen) atoms. The molecule has 0 aliphatic heterocycles. The topological polar surface area (TPSA) is 98.6 Å². The molecule has 0 unspecified atom stereocenters. The third kappa shape index (κ3) is 12.2. The van der Waals surface area contributed by atoms with Gasteiger partial charge in [0.05, 0.1) is 49.8 Å². The highest BCUT2D eigenvalue weighted by molar-refractivity contribution is 6.31. The Morgan fingerprint density at radius 1 is 0.127 bits per heavy atom. The number of aromatic nitrogens is 4. The van der Waals surface area contributed by atoms with E-state index < -0.39 is 0 Å². The number of para-hydroxylation sites is 12. The normalized spacial score (nSPS) is 12.1. The van der Waals surface area contributed by atoms with Crippen LogP contribution in [0.5, 0.6) is 0 Å². The molecule has 0 spiro atoms. The first-order valence-electron chi connectivity index (χ1n) is 48.2. The Labute approximate surface area is 809 Å². The fourth-order valence-electron chi connectivity index (χ4n) is 23.0. The molecule has 0 aliphatic rings. The van der Waals surface area contributed by atoms with Gasteiger partial charge in [0.1, 0.15) is 61.4 Å². The SMILES string of the molecule is c1ccc(-n2c3ccccc3c3cc(-c4ccc5c(c4)c4c6c(ccc4n5-c4cccc5c4oc4ccccc45)oc4ccccc46)ccc32)cc1.c1ccc2c(c1)oc1c(-c3ccc(-c4ccc(-n5c6ccccc6c6c7c(ccc65)oc5ccccc57)cc4)cc3)cccc12.c1ccc2c(c1)oc1ccc(-c3ccc(-c4ccc(-n5c6ccccc6c6c7c(ccc65)oc5ccccc57)cc4)cc3)cc12. The van der Waals surface area contributed by atoms with Gasteiger partial charge in [0.15, 0.2) is 5.58 Å². The lowest BCUT2D eigenvalue weighted by molar-refractivity contribution is 0.666. The van der Waals surface area contributed by atoms with Crippen molar-refractivity contribution in [3.63, 3.8) is 0 Å². The summed E-state index contributed by atoms with van der Waals surface area (Å²) >= 11 is 0. The van der Waals surface area contributed by atoms with Crippen molar-refractivity contribution in [2.45, 2.75) is 0 Å². The van der Waals surface area contributed by atoms with Gasteiger partial charge in [-0.05, 0) is 220 Å². The van der Waals surface area contributed by atoms with Crippen LogP contribution in [0.4, 0.5) is 0 Å². The predicted octanol–water partition coefficient (Wildman–Crippen LogP) is 37.2. The third-order valence-electron chi connectivity index (χ3n) is 29.4. The summed E-state index contributed by atoms with van der Waals surface area (Å²) < 4.78 is 47.3. The van der Waals surface area contributed by atoms with Gasteiger partial charge >= 0.3 is 0 Å². The molecule has 10 nitrogen and oxygen atoms in total. The van der Waals surface area contributed by atoms with Crippen LogP contribution in [-0.4, -0.2) is 18.3 Å². The number of fused-ring (bicyclic) bond motifs is 33. The maximum Gasteiger partial charge on any atom is 0.159 e. The van der Waals surface area contributed by atoms with Gasteiger partial charge in [-0.1, -0.05) is 303 Å². The van der Waals surface area contributed by atoms with Crippen LogP contribution in [0, 0.1) is 0 Å². The van der Waals surface area contributed by atoms with Crippen LogP contribution in [0.15, 0.2) is 500 Å². The highest BCUT2D eigenvalue weighted by Gasteiger charge is 2.27. The molecule has 10 heterocycles. The molecular formula is C132H78N4O6. The highest BCUT2D eigenvalue weighted by atomic mass is 16.3. The summed E-state index contributed by atoms with van der Waals surface area (Å²) in [4.78, 5) is 0. The zero-order valence-corrected chi connectivity index (χ0v) is 76.3. The Hall–Kier alpha value is -19.2. The molecule has 0 atom stereocenters. The lowest BCUT2D eigenvalue weighted by atomic mass is 9.98. The summed E-state index contributed by atoms with van der Waals surface area (Å²) in [5, 5.41) is 23.5. The number of hydrogen-bond acceptors (Lipinski definition) is 6. The second-order valence-electron chi connectivity index (χ2n) is 37.1. The van der Waals surface area contributed by atoms with Crippen molar-refractivity contribution in [1.29, 1.82) is 0 Å². The van der Waals surface area contributed by atoms with Crippen molar-refractivity contribution in [1.82, 2.24) is 18.3 Å². The van der Waals surface area contributed by atoms with Gasteiger partial charge in [0.25, 0.3) is 0 Å². The number of furan rings is 6. The molecule has 10 aromatic heterocycles. The molecule has 0 bridgehead atoms. The Morgan fingerprint density at radius 3 is 0.915 bits per heavy atom. The van der Waals surface area contributed by atoms with Crippen molar-refractivity contribution in [3.8, 4) is 78.4 Å². The molecule has 10 heteroatoms. The predicted molar refractivity (Wildman–Crippen MR) is 588 cm³/mol. The molecule has 0 aliphatic carbocycles. The molecule has 0 fully saturated rings. The summed E-state index contributed by atoms with van der Waals surface area (Å²) in [6.45, 7) is 0. The zero-order chi connectivity index (χ0) is 92.9. The van der Waals surface area contributed by atoms with Gasteiger partial charge in [-0.2, -0.15) is 0 Å². The number of rotatable bonds is 9. The summed E-state index contributed by atoms with van der Waals surface area (Å²) in [6.07, 6.45) is 0. The van der Waals surface area contributed by atoms with E-state index in [1.165, 1.54) is 126 Å². The van der Waals surface area contributed by atoms with Gasteiger partial charge < -0.3 is 44.8 Å². The summed E-state index contributed by atoms with van der Waals surface area (Å²) in [5.74, 6) is 0. The number of nitrogens with zero attached hydrogens (tertiary/aromatic N) is 4. The van der Waals surface area contributed by atoms with E-state index in [1.807, 2.05) is 66.7 Å². The molecule has 0 N–H and O–H groups in total. The van der Waals surface area contributed by atoms with E-state index in [2.05, 4.69) is 425 Å². The average molecular weight is 1820 g/mol. The van der Waals surface area contributed by atoms with Crippen LogP contribution in [0.3, 0.4) is 0 Å². The lowest BCUT2D eigenvalue weighted by Gasteiger charge is -2.10. The van der Waals surface area contributed by atoms with Crippen molar-refractivity contribution in [3.05, 3.63) is 473 Å². The Balaban J connectivity index is 0.000000100. The van der Waals surface area contributed by atoms with Gasteiger partial charge in [-0.3, -0.25) is 0 Å². The summed E-state index contributed by atoms with van der Waals surface area (Å²) in [6, 6.07) is 168. The van der Waals surface area contributed by atoms with E-state index in [0.717, 1.165) is 171 Å². The van der Waals surface area contributed by atoms with Gasteiger partial charge in [-0.25, -0.2) is 0 Å². The lowest BCUT2D eigenvalue weighted by Crippen LogP contribution is -1.94. The van der Waals surface area contributed by atoms with E-state index >= 15 is 0 Å². The van der Waals surface area contributed by atoms with Crippen LogP contribution in [0.25, 0.3) is 297 Å². The van der Waals surface area contributed by atoms with Crippen LogP contribution in [0.1, 0.15) is 0 Å². The van der Waals surface area contributed by atoms with Gasteiger partial charge in [-0.15, -0.1) is 0 Å². The van der Waals surface area contributed by atoms with E-state index in [0.29, 0.717) is 0 Å². The second-order valence-corrected chi connectivity index (χ2v) is 37.1. The van der Waals surface area contributed by atoms with E-state index in [-0.39, 0.29) is 0 Å². The van der Waals surface area contributed by atoms with Crippen molar-refractivity contribution in [2.24, 2.45) is 0 Å². The fourth-order valence-corrected chi connectivity index (χ4v) is 23.0. The van der Waals surface area contributed by atoms with E-state index in [9.17, 15) is 0 Å². The van der Waals surface area contributed by atoms with Crippen molar-refractivity contribution < 1.29 is 26.5 Å². The molecule has 0 saturated carbocycles. The number of benzene rings is 22. The monoisotopic (exact) mass is 1810 g/mol. The summed E-state index contributed by atoms with van der Waals surface area (Å²) in [7, 11) is 0. The minimum absolute atomic E-state index is 0.879. The molecule has 32 aromatic rings. The maximum absolute atomic E-state index is 6.61. The molecule has 662 valence electrons. The smallest absolute Gasteiger partial charge is 0.159 e. The first-order chi connectivity index (χ1) is 70.4. The summed E-state index contributed by atoms with van der Waals surface area (Å²) in [5.41, 5.74) is 36.4. The Morgan fingerprint density at radius 2 is 0.408 bits per heavy atom. The molecule has 0 amide bonds. The van der Waals surface area contributed by atoms with Crippen LogP contribution in [-0.2, 0) is 0 Å². The first-order valence-corrected chi connectivity index (χ1v) is 48.2. The average Bonchev–Trinajstić information content (AvgIpc) is 1.56. The molecule has 32 rings (SSSR count). The molecule has 0 saturated heterocycles. The molecule has 0 radical (unpaired) electrons. The minimum atomic E-state index is 0.879. The zero-order valence-electron chi connectivity index (χ0n) is 76.3. The largest absolute Gasteiger partial charge is 0.456 e. The van der Waals surface area contributed by atoms with E-state index in [4.69, 9.17) is 26.5 Å². The van der Waals surface area contributed by atoms with Gasteiger partial charge in [0.2, 0.25) is 0 Å². The molecular weight excluding hydrogens is 1740 g/mol. The highest BCUT2D eigenvalue weighted by Crippen LogP contribution is 2.50. The number of hydrogen-bond donors (Lipinski definition) is 0. The Kier molecular flexibility index (Phi) is 17.4. The molecule has 22 aromatic carbocycles. The van der Waals surface area contributed by atoms with Crippen LogP contribution in [0.2, 0.25) is 0 Å². The first kappa shape index (κ1) is 79.1. The third-order valence-corrected chi connectivity index (χ3v) is 29.4. The van der Waals surface area contributed by atoms with Crippen molar-refractivity contribution >= 4 is 219 Å². The standard InChI is InChI=1S/C48H28N2O2.2C42H25NO2/c1-2-11-31(12-3-1)49-38-17-7-4-13-32(38)36-27-29(21-23-39(36)49)30-22-24-40-37(28-30)46-41(25-26-45-47(46)35-15-6-9-20-44(35)51-45)50(40)42-18-10-16-34-33-14-5-8-19-43(33)52-48(34)42;1-4-13-35-33(9-1)40-36(24-25-39-41(40)34-10-3-6-15-38(34)44-39)43(35)29-22-20-27(21-23-29)26-16-18-28(19-17-26)30-11-7-12-32-31-8-2-5-14-37(31)45-42(30)32;1-4-10-35-32(8-1)41-36(22-24-40-42(41)33-9-3-6-12-38(33)45-40)43(35)30-20-17-27(18-21-30)26-13-15-28(16-14-26)29-19-23-39-34(25-29)31-7-2-5-11-37(31)44-39/h1-28H;2*1-25H.